The minimum absolute atomic E-state index is 0.305. The summed E-state index contributed by atoms with van der Waals surface area (Å²) >= 11 is 4.74. The van der Waals surface area contributed by atoms with Gasteiger partial charge in [0.05, 0.1) is 15.5 Å². The Morgan fingerprint density at radius 1 is 1.02 bits per heavy atom. The number of ether oxygens (including phenoxy) is 1. The molecular formula is C33H28BrN5O7S3. The molecule has 0 radical (unpaired) electrons. The number of aromatic nitrogens is 1. The van der Waals surface area contributed by atoms with Crippen LogP contribution in [-0.4, -0.2) is 72.2 Å². The molecule has 0 spiro atoms. The summed E-state index contributed by atoms with van der Waals surface area (Å²) in [5, 5.41) is 14.1. The smallest absolute Gasteiger partial charge is 0.359 e. The number of para-hydroxylation sites is 1. The molecule has 1 N–H and O–H groups in total. The first-order valence-electron chi connectivity index (χ1n) is 14.8. The first-order valence-corrected chi connectivity index (χ1v) is 18.6. The molecule has 2 fully saturated rings. The lowest BCUT2D eigenvalue weighted by Gasteiger charge is -2.52. The number of hydrogen-bond donors (Lipinski definition) is 1. The van der Waals surface area contributed by atoms with Crippen molar-refractivity contribution in [2.45, 2.75) is 48.2 Å². The SMILES string of the molecule is C/C(O)=C(\C(=O)OCC(=O)c1ccc(Br)cc1)N1C(=O)C(N2C(=O)C(c3ccccc3)N(N=O)C2(C)C)C1SSc1nc2ccccc2s1. The second-order valence-corrected chi connectivity index (χ2v) is 16.1. The maximum absolute atomic E-state index is 14.2. The van der Waals surface area contributed by atoms with E-state index in [2.05, 4.69) is 26.2 Å². The largest absolute Gasteiger partial charge is 0.510 e. The van der Waals surface area contributed by atoms with Gasteiger partial charge in [0.15, 0.2) is 28.5 Å². The zero-order valence-electron chi connectivity index (χ0n) is 26.2. The van der Waals surface area contributed by atoms with Crippen molar-refractivity contribution in [3.8, 4) is 0 Å². The number of Topliss-reactive ketones (excluding diaryl/α,β-unsaturated/α-hetero) is 1. The van der Waals surface area contributed by atoms with Crippen molar-refractivity contribution in [3.05, 3.63) is 111 Å². The number of likely N-dealkylation sites (tertiary alicyclic amines) is 1. The van der Waals surface area contributed by atoms with Crippen molar-refractivity contribution < 1.29 is 29.0 Å². The van der Waals surface area contributed by atoms with Crippen molar-refractivity contribution in [2.24, 2.45) is 5.29 Å². The van der Waals surface area contributed by atoms with Gasteiger partial charge in [0.25, 0.3) is 11.8 Å². The minimum Gasteiger partial charge on any atom is -0.510 e. The molecule has 0 aliphatic carbocycles. The molecule has 4 aromatic rings. The van der Waals surface area contributed by atoms with Gasteiger partial charge in [-0.05, 0) is 61.4 Å². The van der Waals surface area contributed by atoms with E-state index in [9.17, 15) is 29.2 Å². The molecule has 3 unspecified atom stereocenters. The summed E-state index contributed by atoms with van der Waals surface area (Å²) in [5.41, 5.74) is -0.222. The highest BCUT2D eigenvalue weighted by Gasteiger charge is 2.64. The predicted molar refractivity (Wildman–Crippen MR) is 190 cm³/mol. The number of esters is 1. The summed E-state index contributed by atoms with van der Waals surface area (Å²) < 4.78 is 7.69. The number of aliphatic hydroxyl groups excluding tert-OH is 1. The van der Waals surface area contributed by atoms with Gasteiger partial charge in [0.1, 0.15) is 22.8 Å². The number of halogens is 1. The molecule has 16 heteroatoms. The second-order valence-electron chi connectivity index (χ2n) is 11.6. The van der Waals surface area contributed by atoms with Gasteiger partial charge in [0, 0.05) is 10.0 Å². The molecule has 2 saturated heterocycles. The zero-order chi connectivity index (χ0) is 35.0. The van der Waals surface area contributed by atoms with Crippen LogP contribution >= 0.6 is 48.9 Å². The number of amides is 2. The number of carbonyl (C=O) groups is 4. The number of thiazole rings is 1. The molecule has 6 rings (SSSR count). The summed E-state index contributed by atoms with van der Waals surface area (Å²) in [6, 6.07) is 20.4. The minimum atomic E-state index is -1.36. The number of rotatable bonds is 11. The zero-order valence-corrected chi connectivity index (χ0v) is 30.2. The van der Waals surface area contributed by atoms with Crippen LogP contribution in [0.15, 0.2) is 104 Å². The van der Waals surface area contributed by atoms with Crippen LogP contribution in [0.1, 0.15) is 42.7 Å². The highest BCUT2D eigenvalue weighted by Crippen LogP contribution is 2.51. The normalized spacial score (nSPS) is 20.7. The van der Waals surface area contributed by atoms with E-state index < -0.39 is 64.8 Å². The Morgan fingerprint density at radius 2 is 1.69 bits per heavy atom. The molecule has 1 aromatic heterocycles. The van der Waals surface area contributed by atoms with Crippen molar-refractivity contribution in [3.63, 3.8) is 0 Å². The third-order valence-electron chi connectivity index (χ3n) is 8.13. The Balaban J connectivity index is 1.32. The van der Waals surface area contributed by atoms with Gasteiger partial charge >= 0.3 is 5.97 Å². The topological polar surface area (TPSA) is 150 Å². The van der Waals surface area contributed by atoms with E-state index in [0.29, 0.717) is 15.5 Å². The number of benzene rings is 3. The fourth-order valence-electron chi connectivity index (χ4n) is 5.81. The lowest BCUT2D eigenvalue weighted by Crippen LogP contribution is -2.72. The third kappa shape index (κ3) is 6.45. The lowest BCUT2D eigenvalue weighted by molar-refractivity contribution is -0.164. The van der Waals surface area contributed by atoms with Gasteiger partial charge in [-0.25, -0.2) is 14.8 Å². The van der Waals surface area contributed by atoms with E-state index >= 15 is 0 Å². The molecule has 12 nitrogen and oxygen atoms in total. The van der Waals surface area contributed by atoms with E-state index in [4.69, 9.17) is 4.74 Å². The number of allylic oxidation sites excluding steroid dienone is 1. The first kappa shape index (κ1) is 34.6. The molecule has 3 heterocycles. The summed E-state index contributed by atoms with van der Waals surface area (Å²) in [4.78, 5) is 73.9. The fraction of sp³-hybridized carbons (Fsp3) is 0.242. The van der Waals surface area contributed by atoms with Gasteiger partial charge in [-0.1, -0.05) is 81.3 Å². The molecule has 252 valence electrons. The van der Waals surface area contributed by atoms with E-state index in [-0.39, 0.29) is 0 Å². The molecule has 3 atom stereocenters. The Hall–Kier alpha value is -4.25. The van der Waals surface area contributed by atoms with Gasteiger partial charge in [-0.3, -0.25) is 19.3 Å². The number of aliphatic hydroxyl groups is 1. The summed E-state index contributed by atoms with van der Waals surface area (Å²) in [7, 11) is 2.40. The highest BCUT2D eigenvalue weighted by atomic mass is 79.9. The van der Waals surface area contributed by atoms with Crippen molar-refractivity contribution in [2.75, 3.05) is 6.61 Å². The average Bonchev–Trinajstić information content (AvgIpc) is 3.59. The second kappa shape index (κ2) is 13.9. The van der Waals surface area contributed by atoms with Crippen LogP contribution in [-0.2, 0) is 19.1 Å². The Labute approximate surface area is 301 Å². The first-order chi connectivity index (χ1) is 23.4. The predicted octanol–water partition coefficient (Wildman–Crippen LogP) is 6.85. The van der Waals surface area contributed by atoms with E-state index in [0.717, 1.165) is 35.4 Å². The van der Waals surface area contributed by atoms with Crippen LogP contribution < -0.4 is 0 Å². The molecule has 2 aliphatic rings. The van der Waals surface area contributed by atoms with Crippen LogP contribution in [0.25, 0.3) is 10.2 Å². The van der Waals surface area contributed by atoms with Crippen LogP contribution in [0.5, 0.6) is 0 Å². The number of nitroso groups, excluding NO2 is 1. The quantitative estimate of drug-likeness (QED) is 0.0324. The average molecular weight is 783 g/mol. The van der Waals surface area contributed by atoms with Gasteiger partial charge in [-0.2, -0.15) is 0 Å². The van der Waals surface area contributed by atoms with Crippen molar-refractivity contribution in [1.82, 2.24) is 19.8 Å². The molecular weight excluding hydrogens is 754 g/mol. The van der Waals surface area contributed by atoms with E-state index in [1.165, 1.54) is 34.0 Å². The molecule has 0 saturated carbocycles. The summed E-state index contributed by atoms with van der Waals surface area (Å²) in [5.74, 6) is -3.33. The molecule has 2 amide bonds. The molecule has 2 aliphatic heterocycles. The summed E-state index contributed by atoms with van der Waals surface area (Å²) in [6.45, 7) is 3.81. The number of carbonyl (C=O) groups excluding carboxylic acids is 4. The van der Waals surface area contributed by atoms with Crippen molar-refractivity contribution >= 4 is 82.6 Å². The molecule has 3 aromatic carbocycles. The van der Waals surface area contributed by atoms with Crippen LogP contribution in [0.3, 0.4) is 0 Å². The van der Waals surface area contributed by atoms with Gasteiger partial charge in [0.2, 0.25) is 0 Å². The monoisotopic (exact) mass is 781 g/mol. The Bertz CT molecular complexity index is 1950. The standard InChI is InChI=1S/C33H28BrN5O7S3/c1-18(40)25(31(44)46-17-23(41)19-13-15-21(34)16-14-19)37-28(42)27(30(37)48-49-32-35-22-11-7-8-12-24(22)47-32)38-29(43)26(20-9-5-4-6-10-20)39(36-45)33(38,2)3/h4-16,26-27,30,40H,17H2,1-3H3/b25-18-. The summed E-state index contributed by atoms with van der Waals surface area (Å²) in [6.07, 6.45) is 0. The number of nitrogens with zero attached hydrogens (tertiary/aromatic N) is 5. The fourth-order valence-corrected chi connectivity index (χ4v) is 10.0. The van der Waals surface area contributed by atoms with Crippen LogP contribution in [0, 0.1) is 4.91 Å². The third-order valence-corrected chi connectivity index (χ3v) is 12.7. The van der Waals surface area contributed by atoms with Crippen LogP contribution in [0.2, 0.25) is 0 Å². The maximum Gasteiger partial charge on any atom is 0.359 e. The maximum atomic E-state index is 14.2. The Kier molecular flexibility index (Phi) is 9.84. The van der Waals surface area contributed by atoms with Crippen LogP contribution in [0.4, 0.5) is 0 Å². The van der Waals surface area contributed by atoms with Gasteiger partial charge < -0.3 is 14.7 Å². The lowest BCUT2D eigenvalue weighted by atomic mass is 10.00. The molecule has 0 bridgehead atoms. The number of hydrogen-bond acceptors (Lipinski definition) is 12. The molecule has 49 heavy (non-hydrogen) atoms. The van der Waals surface area contributed by atoms with Crippen molar-refractivity contribution in [1.29, 1.82) is 0 Å². The number of fused-ring (bicyclic) bond motifs is 1. The van der Waals surface area contributed by atoms with Gasteiger partial charge in [-0.15, -0.1) is 16.2 Å². The Morgan fingerprint density at radius 3 is 2.35 bits per heavy atom. The number of ketones is 1. The highest BCUT2D eigenvalue weighted by molar-refractivity contribution is 9.10. The number of β-lactam (4-membered cyclic amide) rings is 1. The van der Waals surface area contributed by atoms with E-state index in [1.807, 2.05) is 24.3 Å². The van der Waals surface area contributed by atoms with E-state index in [1.54, 1.807) is 68.4 Å².